The lowest BCUT2D eigenvalue weighted by Gasteiger charge is -2.38. The van der Waals surface area contributed by atoms with Gasteiger partial charge in [-0.25, -0.2) is 0 Å². The number of amides is 1. The molecule has 0 fully saturated rings. The van der Waals surface area contributed by atoms with Crippen LogP contribution < -0.4 is 4.90 Å². The Labute approximate surface area is 189 Å². The molecule has 6 nitrogen and oxygen atoms in total. The van der Waals surface area contributed by atoms with Crippen molar-refractivity contribution in [3.05, 3.63) is 92.6 Å². The number of allylic oxidation sites excluding steroid dienone is 2. The molecule has 0 saturated heterocycles. The van der Waals surface area contributed by atoms with E-state index in [9.17, 15) is 19.7 Å². The second-order valence-corrected chi connectivity index (χ2v) is 8.53. The monoisotopic (exact) mass is 446 g/mol. The number of halogens is 1. The second kappa shape index (κ2) is 7.88. The Morgan fingerprint density at radius 2 is 1.75 bits per heavy atom. The van der Waals surface area contributed by atoms with Crippen LogP contribution in [0.3, 0.4) is 0 Å². The number of nitrogens with zero attached hydrogens (tertiary/aromatic N) is 2. The lowest BCUT2D eigenvalue weighted by Crippen LogP contribution is -2.40. The normalized spacial score (nSPS) is 18.8. The summed E-state index contributed by atoms with van der Waals surface area (Å²) >= 11 is 6.36. The number of Topliss-reactive ketones (excluding diaryl/α,β-unsaturated/α-hetero) is 1. The molecule has 160 valence electrons. The highest BCUT2D eigenvalue weighted by Gasteiger charge is 2.40. The van der Waals surface area contributed by atoms with Gasteiger partial charge in [0.25, 0.3) is 5.69 Å². The van der Waals surface area contributed by atoms with Crippen molar-refractivity contribution in [3.8, 4) is 0 Å². The van der Waals surface area contributed by atoms with Crippen LogP contribution >= 0.6 is 11.6 Å². The van der Waals surface area contributed by atoms with Crippen molar-refractivity contribution in [1.82, 2.24) is 0 Å². The summed E-state index contributed by atoms with van der Waals surface area (Å²) in [7, 11) is 0. The van der Waals surface area contributed by atoms with E-state index in [0.29, 0.717) is 30.5 Å². The number of fused-ring (bicyclic) bond motifs is 1. The van der Waals surface area contributed by atoms with Gasteiger partial charge in [0, 0.05) is 42.2 Å². The molecular formula is C25H19ClN2O4. The number of ketones is 1. The van der Waals surface area contributed by atoms with Crippen LogP contribution in [0.15, 0.2) is 71.9 Å². The number of rotatable bonds is 3. The molecule has 1 unspecified atom stereocenters. The zero-order valence-corrected chi connectivity index (χ0v) is 17.8. The molecule has 1 aliphatic heterocycles. The lowest BCUT2D eigenvalue weighted by molar-refractivity contribution is -0.384. The summed E-state index contributed by atoms with van der Waals surface area (Å²) in [5.41, 5.74) is 2.25. The van der Waals surface area contributed by atoms with Gasteiger partial charge >= 0.3 is 0 Å². The molecule has 1 aliphatic carbocycles. The van der Waals surface area contributed by atoms with Gasteiger partial charge in [-0.1, -0.05) is 54.1 Å². The fraction of sp³-hybridized carbons (Fsp3) is 0.200. The van der Waals surface area contributed by atoms with Crippen LogP contribution in [-0.4, -0.2) is 16.6 Å². The zero-order valence-electron chi connectivity index (χ0n) is 17.1. The number of benzene rings is 3. The van der Waals surface area contributed by atoms with Crippen LogP contribution in [0.1, 0.15) is 37.2 Å². The number of anilines is 1. The fourth-order valence-electron chi connectivity index (χ4n) is 4.77. The van der Waals surface area contributed by atoms with E-state index in [1.807, 2.05) is 42.5 Å². The molecular weight excluding hydrogens is 428 g/mol. The Hall–Kier alpha value is -3.51. The molecule has 3 aromatic carbocycles. The molecule has 1 atom stereocenters. The number of non-ortho nitro benzene ring substituents is 1. The minimum Gasteiger partial charge on any atom is -0.294 e. The molecule has 0 saturated carbocycles. The molecule has 1 amide bonds. The summed E-state index contributed by atoms with van der Waals surface area (Å²) in [5.74, 6) is -0.550. The SMILES string of the molecule is O=C1CCCC2=C1C(c1ccc3ccccc3c1)CC(=O)N2c1cc([N+](=O)[O-])ccc1Cl. The number of nitro benzene ring substituents is 1. The summed E-state index contributed by atoms with van der Waals surface area (Å²) in [6, 6.07) is 18.0. The minimum atomic E-state index is -0.520. The van der Waals surface area contributed by atoms with E-state index >= 15 is 0 Å². The molecule has 0 spiro atoms. The first-order valence-corrected chi connectivity index (χ1v) is 10.8. The Bertz CT molecular complexity index is 1330. The summed E-state index contributed by atoms with van der Waals surface area (Å²) in [6.07, 6.45) is 1.68. The average Bonchev–Trinajstić information content (AvgIpc) is 2.79. The first-order valence-electron chi connectivity index (χ1n) is 10.5. The largest absolute Gasteiger partial charge is 0.294 e. The first-order chi connectivity index (χ1) is 15.4. The Kier molecular flexibility index (Phi) is 5.02. The number of carbonyl (C=O) groups is 2. The maximum atomic E-state index is 13.4. The van der Waals surface area contributed by atoms with E-state index in [1.54, 1.807) is 0 Å². The third kappa shape index (κ3) is 3.37. The number of hydrogen-bond donors (Lipinski definition) is 0. The molecule has 0 aromatic heterocycles. The Morgan fingerprint density at radius 3 is 2.53 bits per heavy atom. The number of hydrogen-bond acceptors (Lipinski definition) is 4. The van der Waals surface area contributed by atoms with Gasteiger partial charge in [-0.2, -0.15) is 0 Å². The van der Waals surface area contributed by atoms with Crippen LogP contribution in [-0.2, 0) is 9.59 Å². The van der Waals surface area contributed by atoms with Crippen LogP contribution in [0.2, 0.25) is 5.02 Å². The molecule has 5 rings (SSSR count). The molecule has 3 aromatic rings. The van der Waals surface area contributed by atoms with Gasteiger partial charge in [0.2, 0.25) is 5.91 Å². The number of nitro groups is 1. The average molecular weight is 447 g/mol. The maximum absolute atomic E-state index is 13.4. The molecule has 7 heteroatoms. The van der Waals surface area contributed by atoms with Gasteiger partial charge in [0.15, 0.2) is 5.78 Å². The number of carbonyl (C=O) groups excluding carboxylic acids is 2. The van der Waals surface area contributed by atoms with Gasteiger partial charge < -0.3 is 0 Å². The van der Waals surface area contributed by atoms with Gasteiger partial charge in [-0.3, -0.25) is 24.6 Å². The third-order valence-corrected chi connectivity index (χ3v) is 6.55. The predicted octanol–water partition coefficient (Wildman–Crippen LogP) is 5.93. The molecule has 32 heavy (non-hydrogen) atoms. The van der Waals surface area contributed by atoms with Crippen molar-refractivity contribution < 1.29 is 14.5 Å². The van der Waals surface area contributed by atoms with Gasteiger partial charge in [-0.15, -0.1) is 0 Å². The van der Waals surface area contributed by atoms with Gasteiger partial charge in [0.1, 0.15) is 0 Å². The standard InChI is InChI=1S/C25H19ClN2O4/c26-20-11-10-18(28(31)32)13-22(20)27-21-6-3-7-23(29)25(21)19(14-24(27)30)17-9-8-15-4-1-2-5-16(15)12-17/h1-2,4-5,8-13,19H,3,6-7,14H2. The highest BCUT2D eigenvalue weighted by atomic mass is 35.5. The molecule has 0 radical (unpaired) electrons. The zero-order chi connectivity index (χ0) is 22.4. The second-order valence-electron chi connectivity index (χ2n) is 8.12. The van der Waals surface area contributed by atoms with Crippen molar-refractivity contribution in [2.45, 2.75) is 31.6 Å². The maximum Gasteiger partial charge on any atom is 0.271 e. The predicted molar refractivity (Wildman–Crippen MR) is 123 cm³/mol. The van der Waals surface area contributed by atoms with Crippen LogP contribution in [0, 0.1) is 10.1 Å². The van der Waals surface area contributed by atoms with Crippen molar-refractivity contribution in [2.75, 3.05) is 4.90 Å². The van der Waals surface area contributed by atoms with E-state index in [0.717, 1.165) is 16.3 Å². The van der Waals surface area contributed by atoms with Crippen LogP contribution in [0.5, 0.6) is 0 Å². The summed E-state index contributed by atoms with van der Waals surface area (Å²) in [5, 5.41) is 13.7. The molecule has 1 heterocycles. The Balaban J connectivity index is 1.67. The first kappa shape index (κ1) is 20.4. The highest BCUT2D eigenvalue weighted by molar-refractivity contribution is 6.34. The van der Waals surface area contributed by atoms with E-state index in [1.165, 1.54) is 23.1 Å². The van der Waals surface area contributed by atoms with Crippen molar-refractivity contribution in [2.24, 2.45) is 0 Å². The van der Waals surface area contributed by atoms with E-state index in [-0.39, 0.29) is 40.4 Å². The summed E-state index contributed by atoms with van der Waals surface area (Å²) in [6.45, 7) is 0. The van der Waals surface area contributed by atoms with Gasteiger partial charge in [0.05, 0.1) is 15.6 Å². The van der Waals surface area contributed by atoms with Crippen LogP contribution in [0.25, 0.3) is 10.8 Å². The Morgan fingerprint density at radius 1 is 0.969 bits per heavy atom. The molecule has 2 aliphatic rings. The summed E-state index contributed by atoms with van der Waals surface area (Å²) < 4.78 is 0. The van der Waals surface area contributed by atoms with Crippen molar-refractivity contribution in [1.29, 1.82) is 0 Å². The van der Waals surface area contributed by atoms with E-state index in [2.05, 4.69) is 0 Å². The lowest BCUT2D eigenvalue weighted by atomic mass is 9.77. The van der Waals surface area contributed by atoms with Crippen LogP contribution in [0.4, 0.5) is 11.4 Å². The smallest absolute Gasteiger partial charge is 0.271 e. The highest BCUT2D eigenvalue weighted by Crippen LogP contribution is 2.45. The summed E-state index contributed by atoms with van der Waals surface area (Å²) in [4.78, 5) is 38.7. The van der Waals surface area contributed by atoms with E-state index < -0.39 is 4.92 Å². The van der Waals surface area contributed by atoms with Crippen molar-refractivity contribution >= 4 is 45.4 Å². The topological polar surface area (TPSA) is 80.5 Å². The fourth-order valence-corrected chi connectivity index (χ4v) is 4.97. The quantitative estimate of drug-likeness (QED) is 0.369. The minimum absolute atomic E-state index is 0.0171. The third-order valence-electron chi connectivity index (χ3n) is 6.23. The molecule has 0 bridgehead atoms. The van der Waals surface area contributed by atoms with E-state index in [4.69, 9.17) is 11.6 Å². The molecule has 0 N–H and O–H groups in total. The van der Waals surface area contributed by atoms with Gasteiger partial charge in [-0.05, 0) is 35.2 Å². The van der Waals surface area contributed by atoms with Crippen molar-refractivity contribution in [3.63, 3.8) is 0 Å².